The molecule has 1 aromatic carbocycles. The Morgan fingerprint density at radius 2 is 2.18 bits per heavy atom. The van der Waals surface area contributed by atoms with Crippen LogP contribution in [0, 0.1) is 6.92 Å². The van der Waals surface area contributed by atoms with Crippen molar-refractivity contribution in [3.8, 4) is 0 Å². The molecule has 88 valence electrons. The summed E-state index contributed by atoms with van der Waals surface area (Å²) in [5, 5.41) is 3.92. The predicted octanol–water partition coefficient (Wildman–Crippen LogP) is 3.81. The van der Waals surface area contributed by atoms with Gasteiger partial charge >= 0.3 is 0 Å². The maximum Gasteiger partial charge on any atom is 0.145 e. The van der Waals surface area contributed by atoms with Gasteiger partial charge in [-0.15, -0.1) is 0 Å². The molecule has 0 bridgehead atoms. The van der Waals surface area contributed by atoms with Crippen LogP contribution >= 0.6 is 27.5 Å². The van der Waals surface area contributed by atoms with E-state index in [-0.39, 0.29) is 0 Å². The van der Waals surface area contributed by atoms with Gasteiger partial charge in [-0.05, 0) is 24.6 Å². The Morgan fingerprint density at radius 3 is 2.88 bits per heavy atom. The average Bonchev–Trinajstić information content (AvgIpc) is 2.28. The topological polar surface area (TPSA) is 37.8 Å². The van der Waals surface area contributed by atoms with Crippen LogP contribution in [-0.4, -0.2) is 9.97 Å². The maximum atomic E-state index is 6.12. The van der Waals surface area contributed by atoms with E-state index in [9.17, 15) is 0 Å². The second-order valence-corrected chi connectivity index (χ2v) is 4.96. The van der Waals surface area contributed by atoms with Crippen LogP contribution in [0.25, 0.3) is 0 Å². The van der Waals surface area contributed by atoms with Crippen molar-refractivity contribution in [1.29, 1.82) is 0 Å². The second kappa shape index (κ2) is 5.47. The van der Waals surface area contributed by atoms with Gasteiger partial charge in [-0.2, -0.15) is 0 Å². The molecule has 0 aliphatic heterocycles. The zero-order valence-corrected chi connectivity index (χ0v) is 11.6. The molecule has 1 N–H and O–H groups in total. The Balaban J connectivity index is 2.07. The summed E-state index contributed by atoms with van der Waals surface area (Å²) >= 11 is 9.50. The molecule has 1 aromatic heterocycles. The lowest BCUT2D eigenvalue weighted by atomic mass is 10.2. The minimum atomic E-state index is 0.629. The summed E-state index contributed by atoms with van der Waals surface area (Å²) in [5.41, 5.74) is 1.91. The minimum Gasteiger partial charge on any atom is -0.365 e. The molecule has 5 heteroatoms. The van der Waals surface area contributed by atoms with E-state index in [1.807, 2.05) is 25.1 Å². The minimum absolute atomic E-state index is 0.629. The summed E-state index contributed by atoms with van der Waals surface area (Å²) in [6.45, 7) is 2.54. The van der Waals surface area contributed by atoms with Crippen molar-refractivity contribution in [3.63, 3.8) is 0 Å². The zero-order chi connectivity index (χ0) is 12.3. The third-order valence-electron chi connectivity index (χ3n) is 2.23. The lowest BCUT2D eigenvalue weighted by molar-refractivity contribution is 1.05. The largest absolute Gasteiger partial charge is 0.365 e. The van der Waals surface area contributed by atoms with Gasteiger partial charge in [0.15, 0.2) is 0 Å². The van der Waals surface area contributed by atoms with Gasteiger partial charge in [-0.3, -0.25) is 4.98 Å². The molecule has 0 radical (unpaired) electrons. The fourth-order valence-electron chi connectivity index (χ4n) is 1.40. The van der Waals surface area contributed by atoms with E-state index >= 15 is 0 Å². The van der Waals surface area contributed by atoms with E-state index in [4.69, 9.17) is 11.6 Å². The summed E-state index contributed by atoms with van der Waals surface area (Å²) in [4.78, 5) is 8.38. The summed E-state index contributed by atoms with van der Waals surface area (Å²) in [6, 6.07) is 5.81. The first kappa shape index (κ1) is 12.3. The molecule has 17 heavy (non-hydrogen) atoms. The summed E-state index contributed by atoms with van der Waals surface area (Å²) in [6.07, 6.45) is 3.41. The van der Waals surface area contributed by atoms with Crippen LogP contribution in [0.2, 0.25) is 5.02 Å². The maximum absolute atomic E-state index is 6.12. The molecule has 2 rings (SSSR count). The monoisotopic (exact) mass is 311 g/mol. The number of rotatable bonds is 3. The Hall–Kier alpha value is -1.13. The Bertz CT molecular complexity index is 531. The average molecular weight is 313 g/mol. The van der Waals surface area contributed by atoms with Crippen LogP contribution in [0.4, 0.5) is 5.82 Å². The third kappa shape index (κ3) is 3.41. The van der Waals surface area contributed by atoms with Crippen molar-refractivity contribution in [2.75, 3.05) is 5.32 Å². The molecule has 0 fully saturated rings. The number of anilines is 1. The van der Waals surface area contributed by atoms with Gasteiger partial charge < -0.3 is 5.32 Å². The summed E-state index contributed by atoms with van der Waals surface area (Å²) in [7, 11) is 0. The van der Waals surface area contributed by atoms with E-state index in [1.165, 1.54) is 0 Å². The van der Waals surface area contributed by atoms with E-state index in [1.54, 1.807) is 12.4 Å². The Morgan fingerprint density at radius 1 is 1.35 bits per heavy atom. The predicted molar refractivity (Wildman–Crippen MR) is 73.2 cm³/mol. The second-order valence-electron chi connectivity index (χ2n) is 3.63. The van der Waals surface area contributed by atoms with Gasteiger partial charge in [0.05, 0.1) is 11.9 Å². The molecular weight excluding hydrogens is 302 g/mol. The van der Waals surface area contributed by atoms with Gasteiger partial charge in [0.2, 0.25) is 0 Å². The van der Waals surface area contributed by atoms with Gasteiger partial charge in [-0.1, -0.05) is 33.6 Å². The SMILES string of the molecule is Cc1cncc(NCc2ccc(Br)cc2Cl)n1. The Labute approximate surface area is 113 Å². The first-order valence-corrected chi connectivity index (χ1v) is 6.29. The molecular formula is C12H11BrClN3. The van der Waals surface area contributed by atoms with Crippen molar-refractivity contribution < 1.29 is 0 Å². The van der Waals surface area contributed by atoms with E-state index in [0.29, 0.717) is 6.54 Å². The molecule has 0 atom stereocenters. The zero-order valence-electron chi connectivity index (χ0n) is 9.24. The Kier molecular flexibility index (Phi) is 3.97. The number of halogens is 2. The normalized spacial score (nSPS) is 10.3. The van der Waals surface area contributed by atoms with Crippen molar-refractivity contribution >= 4 is 33.3 Å². The standard InChI is InChI=1S/C12H11BrClN3/c1-8-5-15-7-12(17-8)16-6-9-2-3-10(13)4-11(9)14/h2-5,7H,6H2,1H3,(H,16,17). The first-order valence-electron chi connectivity index (χ1n) is 5.11. The highest BCUT2D eigenvalue weighted by atomic mass is 79.9. The van der Waals surface area contributed by atoms with Crippen LogP contribution in [0.5, 0.6) is 0 Å². The third-order valence-corrected chi connectivity index (χ3v) is 3.08. The lowest BCUT2D eigenvalue weighted by Crippen LogP contribution is -2.03. The molecule has 1 heterocycles. The molecule has 0 saturated heterocycles. The van der Waals surface area contributed by atoms with Crippen LogP contribution < -0.4 is 5.32 Å². The fraction of sp³-hybridized carbons (Fsp3) is 0.167. The first-order chi connectivity index (χ1) is 8.15. The van der Waals surface area contributed by atoms with Crippen molar-refractivity contribution in [1.82, 2.24) is 9.97 Å². The van der Waals surface area contributed by atoms with Crippen molar-refractivity contribution in [2.45, 2.75) is 13.5 Å². The fourth-order valence-corrected chi connectivity index (χ4v) is 2.14. The lowest BCUT2D eigenvalue weighted by Gasteiger charge is -2.07. The summed E-state index contributed by atoms with van der Waals surface area (Å²) in [5.74, 6) is 0.754. The molecule has 0 unspecified atom stereocenters. The number of hydrogen-bond donors (Lipinski definition) is 1. The smallest absolute Gasteiger partial charge is 0.145 e. The van der Waals surface area contributed by atoms with Gasteiger partial charge in [0.25, 0.3) is 0 Å². The molecule has 0 saturated carbocycles. The van der Waals surface area contributed by atoms with Crippen LogP contribution in [0.15, 0.2) is 35.1 Å². The highest BCUT2D eigenvalue weighted by Gasteiger charge is 2.01. The molecule has 0 spiro atoms. The van der Waals surface area contributed by atoms with Gasteiger partial charge in [0.1, 0.15) is 5.82 Å². The molecule has 0 aliphatic rings. The number of aromatic nitrogens is 2. The molecule has 2 aromatic rings. The van der Waals surface area contributed by atoms with E-state index < -0.39 is 0 Å². The van der Waals surface area contributed by atoms with Gasteiger partial charge in [-0.25, -0.2) is 4.98 Å². The molecule has 3 nitrogen and oxygen atoms in total. The number of hydrogen-bond acceptors (Lipinski definition) is 3. The number of nitrogens with one attached hydrogen (secondary N) is 1. The van der Waals surface area contributed by atoms with Crippen LogP contribution in [0.1, 0.15) is 11.3 Å². The number of aryl methyl sites for hydroxylation is 1. The van der Waals surface area contributed by atoms with Crippen molar-refractivity contribution in [2.24, 2.45) is 0 Å². The van der Waals surface area contributed by atoms with Crippen LogP contribution in [0.3, 0.4) is 0 Å². The quantitative estimate of drug-likeness (QED) is 0.936. The number of nitrogens with zero attached hydrogens (tertiary/aromatic N) is 2. The van der Waals surface area contributed by atoms with E-state index in [2.05, 4.69) is 31.2 Å². The number of benzene rings is 1. The van der Waals surface area contributed by atoms with Gasteiger partial charge in [0, 0.05) is 22.2 Å². The highest BCUT2D eigenvalue weighted by Crippen LogP contribution is 2.21. The highest BCUT2D eigenvalue weighted by molar-refractivity contribution is 9.10. The van der Waals surface area contributed by atoms with E-state index in [0.717, 1.165) is 26.6 Å². The molecule has 0 aliphatic carbocycles. The summed E-state index contributed by atoms with van der Waals surface area (Å²) < 4.78 is 0.974. The van der Waals surface area contributed by atoms with Crippen molar-refractivity contribution in [3.05, 3.63) is 51.3 Å². The molecule has 0 amide bonds. The van der Waals surface area contributed by atoms with Crippen LogP contribution in [-0.2, 0) is 6.54 Å².